The Morgan fingerprint density at radius 2 is 2.25 bits per heavy atom. The van der Waals surface area contributed by atoms with Crippen LogP contribution < -0.4 is 0 Å². The molecule has 0 radical (unpaired) electrons. The summed E-state index contributed by atoms with van der Waals surface area (Å²) in [5, 5.41) is 0.876. The molecule has 0 rings (SSSR count). The lowest BCUT2D eigenvalue weighted by atomic mass is 10.4. The highest BCUT2D eigenvalue weighted by Crippen LogP contribution is 1.82. The quantitative estimate of drug-likeness (QED) is 0.349. The van der Waals surface area contributed by atoms with E-state index in [0.717, 1.165) is 11.8 Å². The number of alkyl halides is 1. The maximum atomic E-state index is 3.56. The highest BCUT2D eigenvalue weighted by Gasteiger charge is 1.61. The fraction of sp³-hybridized carbons (Fsp3) is 0.286. The number of rotatable bonds is 3. The minimum Gasteiger partial charge on any atom is -0.128 e. The van der Waals surface area contributed by atoms with Crippen molar-refractivity contribution in [2.75, 3.05) is 5.33 Å². The van der Waals surface area contributed by atoms with Crippen molar-refractivity contribution in [2.24, 2.45) is 0 Å². The Morgan fingerprint density at radius 3 is 2.75 bits per heavy atom. The molecule has 0 amide bonds. The van der Waals surface area contributed by atoms with Crippen LogP contribution >= 0.6 is 15.9 Å². The topological polar surface area (TPSA) is 0 Å². The van der Waals surface area contributed by atoms with Gasteiger partial charge in [-0.15, -0.1) is 12.3 Å². The van der Waals surface area contributed by atoms with E-state index in [1.54, 1.807) is 0 Å². The molecule has 0 heterocycles. The number of halogens is 1. The lowest BCUT2D eigenvalue weighted by Crippen LogP contribution is -1.52. The smallest absolute Gasteiger partial charge is 0.0287 e. The van der Waals surface area contributed by atoms with Crippen molar-refractivity contribution < 1.29 is 0 Å². The summed E-state index contributed by atoms with van der Waals surface area (Å²) < 4.78 is 0. The van der Waals surface area contributed by atoms with Gasteiger partial charge in [0.05, 0.1) is 0 Å². The molecule has 0 saturated heterocycles. The predicted octanol–water partition coefficient (Wildman–Crippen LogP) is 2.67. The first kappa shape index (κ1) is 7.74. The van der Waals surface area contributed by atoms with Gasteiger partial charge in [0, 0.05) is 5.33 Å². The van der Waals surface area contributed by atoms with Crippen molar-refractivity contribution >= 4 is 15.9 Å². The summed E-state index contributed by atoms with van der Waals surface area (Å²) in [4.78, 5) is 0. The van der Waals surface area contributed by atoms with Gasteiger partial charge in [-0.05, 0) is 18.6 Å². The second kappa shape index (κ2) is 6.74. The zero-order chi connectivity index (χ0) is 6.24. The molecule has 0 unspecified atom stereocenters. The molecule has 0 spiro atoms. The van der Waals surface area contributed by atoms with E-state index in [-0.39, 0.29) is 0 Å². The van der Waals surface area contributed by atoms with Crippen LogP contribution in [0.3, 0.4) is 0 Å². The summed E-state index contributed by atoms with van der Waals surface area (Å²) in [5.41, 5.74) is 2.97. The van der Waals surface area contributed by atoms with Crippen LogP contribution in [0.5, 0.6) is 0 Å². The molecule has 8 heavy (non-hydrogen) atoms. The lowest BCUT2D eigenvalue weighted by Gasteiger charge is -1.69. The van der Waals surface area contributed by atoms with Crippen LogP contribution in [-0.2, 0) is 0 Å². The predicted molar refractivity (Wildman–Crippen MR) is 41.3 cm³/mol. The second-order valence-corrected chi connectivity index (χ2v) is 1.90. The van der Waals surface area contributed by atoms with Gasteiger partial charge in [-0.25, -0.2) is 0 Å². The van der Waals surface area contributed by atoms with Gasteiger partial charge < -0.3 is 0 Å². The molecule has 0 aliphatic heterocycles. The lowest BCUT2D eigenvalue weighted by molar-refractivity contribution is 1.41. The van der Waals surface area contributed by atoms with E-state index in [9.17, 15) is 0 Å². The van der Waals surface area contributed by atoms with E-state index in [2.05, 4.69) is 28.2 Å². The average molecular weight is 173 g/mol. The zero-order valence-corrected chi connectivity index (χ0v) is 6.32. The van der Waals surface area contributed by atoms with Gasteiger partial charge in [0.1, 0.15) is 0 Å². The normalized spacial score (nSPS) is 7.12. The maximum Gasteiger partial charge on any atom is 0.0287 e. The standard InChI is InChI=1S/C7H9Br/c1-2-3-4-5-6-7-8/h2,4,6H,1,3,7H2. The largest absolute Gasteiger partial charge is 0.128 e. The Balaban J connectivity index is 3.31. The third kappa shape index (κ3) is 5.74. The fourth-order valence-corrected chi connectivity index (χ4v) is 0.466. The molecule has 0 nitrogen and oxygen atoms in total. The molecule has 0 fully saturated rings. The van der Waals surface area contributed by atoms with Crippen molar-refractivity contribution in [3.63, 3.8) is 0 Å². The van der Waals surface area contributed by atoms with Gasteiger partial charge in [-0.1, -0.05) is 22.0 Å². The molecule has 0 aromatic heterocycles. The van der Waals surface area contributed by atoms with Crippen molar-refractivity contribution in [1.82, 2.24) is 0 Å². The van der Waals surface area contributed by atoms with Crippen molar-refractivity contribution in [2.45, 2.75) is 6.42 Å². The van der Waals surface area contributed by atoms with Crippen LogP contribution in [0, 0.1) is 0 Å². The van der Waals surface area contributed by atoms with Gasteiger partial charge in [-0.3, -0.25) is 0 Å². The Hall–Kier alpha value is -0.260. The molecular weight excluding hydrogens is 164 g/mol. The van der Waals surface area contributed by atoms with Gasteiger partial charge >= 0.3 is 0 Å². The zero-order valence-electron chi connectivity index (χ0n) is 4.73. The van der Waals surface area contributed by atoms with Gasteiger partial charge in [0.15, 0.2) is 0 Å². The Kier molecular flexibility index (Phi) is 6.52. The molecule has 0 N–H and O–H groups in total. The molecule has 0 aliphatic rings. The summed E-state index contributed by atoms with van der Waals surface area (Å²) in [7, 11) is 0. The number of hydrogen-bond donors (Lipinski definition) is 0. The van der Waals surface area contributed by atoms with E-state index in [1.807, 2.05) is 18.2 Å². The van der Waals surface area contributed by atoms with Crippen LogP contribution in [-0.4, -0.2) is 5.33 Å². The van der Waals surface area contributed by atoms with Gasteiger partial charge in [0.2, 0.25) is 0 Å². The molecule has 0 aromatic rings. The highest BCUT2D eigenvalue weighted by atomic mass is 79.9. The second-order valence-electron chi connectivity index (χ2n) is 1.25. The number of hydrogen-bond acceptors (Lipinski definition) is 0. The molecule has 0 aliphatic carbocycles. The van der Waals surface area contributed by atoms with Crippen LogP contribution in [0.1, 0.15) is 6.42 Å². The van der Waals surface area contributed by atoms with E-state index in [4.69, 9.17) is 0 Å². The Morgan fingerprint density at radius 1 is 1.50 bits per heavy atom. The van der Waals surface area contributed by atoms with Crippen LogP contribution in [0.25, 0.3) is 0 Å². The van der Waals surface area contributed by atoms with E-state index >= 15 is 0 Å². The Labute approximate surface area is 58.7 Å². The number of allylic oxidation sites excluding steroid dienone is 2. The molecule has 44 valence electrons. The summed E-state index contributed by atoms with van der Waals surface area (Å²) in [5.74, 6) is 0. The van der Waals surface area contributed by atoms with Gasteiger partial charge in [0.25, 0.3) is 0 Å². The van der Waals surface area contributed by atoms with Crippen LogP contribution in [0.2, 0.25) is 0 Å². The van der Waals surface area contributed by atoms with Crippen molar-refractivity contribution in [3.8, 4) is 0 Å². The minimum atomic E-state index is 0.876. The highest BCUT2D eigenvalue weighted by molar-refractivity contribution is 9.09. The van der Waals surface area contributed by atoms with Crippen LogP contribution in [0.15, 0.2) is 30.5 Å². The molecule has 0 bridgehead atoms. The molecule has 0 aromatic carbocycles. The Bertz CT molecular complexity index is 108. The van der Waals surface area contributed by atoms with Crippen molar-refractivity contribution in [1.29, 1.82) is 0 Å². The molecule has 0 saturated carbocycles. The molecule has 0 atom stereocenters. The maximum absolute atomic E-state index is 3.56. The SMILES string of the molecule is C=CCC=C=CCBr. The fourth-order valence-electron chi connectivity index (χ4n) is 0.279. The minimum absolute atomic E-state index is 0.876. The third-order valence-corrected chi connectivity index (χ3v) is 0.921. The first-order valence-corrected chi connectivity index (χ1v) is 3.60. The van der Waals surface area contributed by atoms with E-state index < -0.39 is 0 Å². The molecule has 1 heteroatoms. The summed E-state index contributed by atoms with van der Waals surface area (Å²) >= 11 is 3.24. The summed E-state index contributed by atoms with van der Waals surface area (Å²) in [6, 6.07) is 0. The molecular formula is C7H9Br. The monoisotopic (exact) mass is 172 g/mol. The first-order chi connectivity index (χ1) is 3.91. The van der Waals surface area contributed by atoms with Crippen molar-refractivity contribution in [3.05, 3.63) is 30.5 Å². The third-order valence-electron chi connectivity index (χ3n) is 0.597. The summed E-state index contributed by atoms with van der Waals surface area (Å²) in [6.07, 6.45) is 6.61. The van der Waals surface area contributed by atoms with E-state index in [1.165, 1.54) is 0 Å². The first-order valence-electron chi connectivity index (χ1n) is 2.48. The summed E-state index contributed by atoms with van der Waals surface area (Å²) in [6.45, 7) is 3.56. The van der Waals surface area contributed by atoms with Crippen LogP contribution in [0.4, 0.5) is 0 Å². The average Bonchev–Trinajstić information content (AvgIpc) is 1.81. The van der Waals surface area contributed by atoms with E-state index in [0.29, 0.717) is 0 Å². The van der Waals surface area contributed by atoms with Gasteiger partial charge in [-0.2, -0.15) is 0 Å².